The van der Waals surface area contributed by atoms with E-state index in [4.69, 9.17) is 4.74 Å². The van der Waals surface area contributed by atoms with Gasteiger partial charge in [-0.3, -0.25) is 9.36 Å². The van der Waals surface area contributed by atoms with Gasteiger partial charge in [-0.1, -0.05) is 30.3 Å². The Bertz CT molecular complexity index is 722. The number of nitrogens with one attached hydrogen (secondary N) is 1. The summed E-state index contributed by atoms with van der Waals surface area (Å²) in [6, 6.07) is 9.87. The zero-order valence-electron chi connectivity index (χ0n) is 13.1. The molecule has 0 bridgehead atoms. The minimum Gasteiger partial charge on any atom is -0.368 e. The van der Waals surface area contributed by atoms with Crippen LogP contribution in [0.4, 0.5) is 0 Å². The smallest absolute Gasteiger partial charge is 0.343 e. The Labute approximate surface area is 133 Å². The van der Waals surface area contributed by atoms with E-state index in [2.05, 4.69) is 10.2 Å². The molecule has 0 spiro atoms. The molecule has 1 atom stereocenters. The summed E-state index contributed by atoms with van der Waals surface area (Å²) in [4.78, 5) is 26.0. The van der Waals surface area contributed by atoms with Crippen LogP contribution in [0.25, 0.3) is 0 Å². The maximum absolute atomic E-state index is 12.6. The predicted molar refractivity (Wildman–Crippen MR) is 83.7 cm³/mol. The Kier molecular flexibility index (Phi) is 4.57. The number of hydrogen-bond acceptors (Lipinski definition) is 4. The normalized spacial score (nSPS) is 16.8. The Hall–Kier alpha value is -2.41. The van der Waals surface area contributed by atoms with Crippen molar-refractivity contribution in [3.05, 3.63) is 52.2 Å². The van der Waals surface area contributed by atoms with Gasteiger partial charge < -0.3 is 9.64 Å². The molecular formula is C16H20N4O3. The molecule has 1 unspecified atom stereocenters. The van der Waals surface area contributed by atoms with Crippen molar-refractivity contribution in [3.63, 3.8) is 0 Å². The fraction of sp³-hybridized carbons (Fsp3) is 0.438. The maximum atomic E-state index is 12.6. The first-order chi connectivity index (χ1) is 11.2. The van der Waals surface area contributed by atoms with Gasteiger partial charge >= 0.3 is 5.69 Å². The highest BCUT2D eigenvalue weighted by atomic mass is 16.5. The van der Waals surface area contributed by atoms with E-state index in [1.165, 1.54) is 4.57 Å². The third-order valence-electron chi connectivity index (χ3n) is 4.02. The standard InChI is InChI=1S/C16H20N4O3/c1-2-19(11-12-6-4-3-5-7-12)14(21)10-13-15-17-18-16(22)20(15)8-9-23-13/h3-7,13H,2,8-11H2,1H3,(H,18,22). The van der Waals surface area contributed by atoms with Gasteiger partial charge in [0.2, 0.25) is 5.91 Å². The van der Waals surface area contributed by atoms with Crippen LogP contribution in [0.15, 0.2) is 35.1 Å². The van der Waals surface area contributed by atoms with E-state index in [1.807, 2.05) is 37.3 Å². The van der Waals surface area contributed by atoms with Crippen LogP contribution < -0.4 is 5.69 Å². The molecule has 1 aliphatic heterocycles. The number of rotatable bonds is 5. The summed E-state index contributed by atoms with van der Waals surface area (Å²) in [6.07, 6.45) is -0.287. The van der Waals surface area contributed by atoms with Gasteiger partial charge in [0.25, 0.3) is 0 Å². The fourth-order valence-corrected chi connectivity index (χ4v) is 2.77. The second kappa shape index (κ2) is 6.78. The number of carbonyl (C=O) groups excluding carboxylic acids is 1. The molecule has 2 aromatic rings. The summed E-state index contributed by atoms with van der Waals surface area (Å²) in [6.45, 7) is 4.02. The molecular weight excluding hydrogens is 296 g/mol. The summed E-state index contributed by atoms with van der Waals surface area (Å²) in [5.74, 6) is 0.496. The van der Waals surface area contributed by atoms with Crippen LogP contribution in [0.5, 0.6) is 0 Å². The van der Waals surface area contributed by atoms with Crippen LogP contribution in [-0.2, 0) is 22.6 Å². The Balaban J connectivity index is 1.69. The quantitative estimate of drug-likeness (QED) is 0.895. The van der Waals surface area contributed by atoms with Gasteiger partial charge in [0.05, 0.1) is 19.6 Å². The highest BCUT2D eigenvalue weighted by Gasteiger charge is 2.28. The van der Waals surface area contributed by atoms with E-state index in [9.17, 15) is 9.59 Å². The lowest BCUT2D eigenvalue weighted by molar-refractivity contribution is -0.135. The van der Waals surface area contributed by atoms with E-state index < -0.39 is 6.10 Å². The van der Waals surface area contributed by atoms with Crippen LogP contribution in [-0.4, -0.2) is 38.7 Å². The average Bonchev–Trinajstić information content (AvgIpc) is 2.96. The number of aromatic nitrogens is 3. The molecule has 1 aromatic heterocycles. The minimum atomic E-state index is -0.472. The second-order valence-electron chi connectivity index (χ2n) is 5.50. The molecule has 0 radical (unpaired) electrons. The van der Waals surface area contributed by atoms with Crippen LogP contribution >= 0.6 is 0 Å². The zero-order chi connectivity index (χ0) is 16.2. The number of nitrogens with zero attached hydrogens (tertiary/aromatic N) is 3. The van der Waals surface area contributed by atoms with Crippen molar-refractivity contribution < 1.29 is 9.53 Å². The van der Waals surface area contributed by atoms with Crippen LogP contribution in [0.3, 0.4) is 0 Å². The Morgan fingerprint density at radius 1 is 1.43 bits per heavy atom. The molecule has 1 aromatic carbocycles. The predicted octanol–water partition coefficient (Wildman–Crippen LogP) is 1.08. The van der Waals surface area contributed by atoms with Crippen LogP contribution in [0, 0.1) is 0 Å². The molecule has 0 saturated carbocycles. The number of fused-ring (bicyclic) bond motifs is 1. The van der Waals surface area contributed by atoms with Gasteiger partial charge in [-0.15, -0.1) is 0 Å². The van der Waals surface area contributed by atoms with Gasteiger partial charge in [-0.2, -0.15) is 5.10 Å². The SMILES string of the molecule is CCN(Cc1ccccc1)C(=O)CC1OCCn2c1n[nH]c2=O. The fourth-order valence-electron chi connectivity index (χ4n) is 2.77. The monoisotopic (exact) mass is 316 g/mol. The van der Waals surface area contributed by atoms with Crippen molar-refractivity contribution in [2.24, 2.45) is 0 Å². The van der Waals surface area contributed by atoms with E-state index in [-0.39, 0.29) is 18.0 Å². The Morgan fingerprint density at radius 2 is 2.22 bits per heavy atom. The van der Waals surface area contributed by atoms with Gasteiger partial charge in [-0.05, 0) is 12.5 Å². The van der Waals surface area contributed by atoms with Gasteiger partial charge in [0, 0.05) is 13.1 Å². The molecule has 1 amide bonds. The van der Waals surface area contributed by atoms with Crippen molar-refractivity contribution >= 4 is 5.91 Å². The first-order valence-corrected chi connectivity index (χ1v) is 7.77. The van der Waals surface area contributed by atoms with E-state index >= 15 is 0 Å². The summed E-state index contributed by atoms with van der Waals surface area (Å²) < 4.78 is 7.18. The lowest BCUT2D eigenvalue weighted by Crippen LogP contribution is -2.34. The van der Waals surface area contributed by atoms with Crippen molar-refractivity contribution in [2.75, 3.05) is 13.2 Å². The third kappa shape index (κ3) is 3.34. The van der Waals surface area contributed by atoms with Crippen LogP contribution in [0.2, 0.25) is 0 Å². The average molecular weight is 316 g/mol. The number of amides is 1. The summed E-state index contributed by atoms with van der Waals surface area (Å²) in [7, 11) is 0. The number of H-pyrrole nitrogens is 1. The molecule has 1 N–H and O–H groups in total. The molecule has 0 saturated heterocycles. The molecule has 3 rings (SSSR count). The molecule has 7 nitrogen and oxygen atoms in total. The van der Waals surface area contributed by atoms with Crippen LogP contribution in [0.1, 0.15) is 30.8 Å². The topological polar surface area (TPSA) is 80.2 Å². The van der Waals surface area contributed by atoms with Gasteiger partial charge in [0.1, 0.15) is 6.10 Å². The molecule has 23 heavy (non-hydrogen) atoms. The second-order valence-corrected chi connectivity index (χ2v) is 5.50. The molecule has 2 heterocycles. The highest BCUT2D eigenvalue weighted by Crippen LogP contribution is 2.23. The van der Waals surface area contributed by atoms with Crippen molar-refractivity contribution in [1.29, 1.82) is 0 Å². The van der Waals surface area contributed by atoms with E-state index in [0.717, 1.165) is 5.56 Å². The molecule has 0 aliphatic carbocycles. The first kappa shape index (κ1) is 15.5. The van der Waals surface area contributed by atoms with Crippen molar-refractivity contribution in [2.45, 2.75) is 32.5 Å². The highest BCUT2D eigenvalue weighted by molar-refractivity contribution is 5.76. The molecule has 7 heteroatoms. The van der Waals surface area contributed by atoms with Crippen molar-refractivity contribution in [1.82, 2.24) is 19.7 Å². The number of hydrogen-bond donors (Lipinski definition) is 1. The maximum Gasteiger partial charge on any atom is 0.343 e. The lowest BCUT2D eigenvalue weighted by atomic mass is 10.1. The summed E-state index contributed by atoms with van der Waals surface area (Å²) >= 11 is 0. The van der Waals surface area contributed by atoms with Gasteiger partial charge in [0.15, 0.2) is 5.82 Å². The summed E-state index contributed by atoms with van der Waals surface area (Å²) in [5.41, 5.74) is 0.835. The molecule has 1 aliphatic rings. The molecule has 0 fully saturated rings. The minimum absolute atomic E-state index is 0.00903. The largest absolute Gasteiger partial charge is 0.368 e. The van der Waals surface area contributed by atoms with E-state index in [1.54, 1.807) is 4.90 Å². The Morgan fingerprint density at radius 3 is 2.96 bits per heavy atom. The lowest BCUT2D eigenvalue weighted by Gasteiger charge is -2.26. The van der Waals surface area contributed by atoms with E-state index in [0.29, 0.717) is 32.1 Å². The number of carbonyl (C=O) groups is 1. The number of aromatic amines is 1. The zero-order valence-corrected chi connectivity index (χ0v) is 13.1. The first-order valence-electron chi connectivity index (χ1n) is 7.77. The van der Waals surface area contributed by atoms with Crippen molar-refractivity contribution in [3.8, 4) is 0 Å². The number of ether oxygens (including phenoxy) is 1. The van der Waals surface area contributed by atoms with Gasteiger partial charge in [-0.25, -0.2) is 9.89 Å². The number of benzene rings is 1. The molecule has 122 valence electrons. The third-order valence-corrected chi connectivity index (χ3v) is 4.02. The summed E-state index contributed by atoms with van der Waals surface area (Å²) in [5, 5.41) is 6.41.